The minimum atomic E-state index is -0.0250. The summed E-state index contributed by atoms with van der Waals surface area (Å²) in [4.78, 5) is 4.20. The van der Waals surface area contributed by atoms with Crippen LogP contribution in [0.3, 0.4) is 0 Å². The summed E-state index contributed by atoms with van der Waals surface area (Å²) < 4.78 is 6.95. The minimum Gasteiger partial charge on any atom is -0.497 e. The molecule has 1 aromatic carbocycles. The van der Waals surface area contributed by atoms with Gasteiger partial charge in [0.25, 0.3) is 0 Å². The SMILES string of the molecule is COc1cccc(C(Cc2ncnn2C)NN)c1. The van der Waals surface area contributed by atoms with Crippen molar-refractivity contribution in [1.29, 1.82) is 0 Å². The zero-order chi connectivity index (χ0) is 13.0. The fourth-order valence-electron chi connectivity index (χ4n) is 1.82. The molecular weight excluding hydrogens is 230 g/mol. The van der Waals surface area contributed by atoms with Crippen molar-refractivity contribution in [3.8, 4) is 5.75 Å². The lowest BCUT2D eigenvalue weighted by Gasteiger charge is -2.16. The first-order valence-corrected chi connectivity index (χ1v) is 5.67. The van der Waals surface area contributed by atoms with Crippen LogP contribution in [0.4, 0.5) is 0 Å². The standard InChI is InChI=1S/C12H17N5O/c1-17-12(14-8-15-17)7-11(16-13)9-4-3-5-10(6-9)18-2/h3-6,8,11,16H,7,13H2,1-2H3. The van der Waals surface area contributed by atoms with Gasteiger partial charge in [0, 0.05) is 13.5 Å². The highest BCUT2D eigenvalue weighted by Gasteiger charge is 2.14. The van der Waals surface area contributed by atoms with Gasteiger partial charge in [-0.2, -0.15) is 5.10 Å². The van der Waals surface area contributed by atoms with Gasteiger partial charge in [-0.05, 0) is 17.7 Å². The van der Waals surface area contributed by atoms with Crippen molar-refractivity contribution in [2.24, 2.45) is 12.9 Å². The molecule has 0 aliphatic heterocycles. The first-order valence-electron chi connectivity index (χ1n) is 5.67. The second-order valence-electron chi connectivity index (χ2n) is 4.00. The highest BCUT2D eigenvalue weighted by Crippen LogP contribution is 2.21. The van der Waals surface area contributed by atoms with Gasteiger partial charge in [0.1, 0.15) is 17.9 Å². The Balaban J connectivity index is 2.20. The second kappa shape index (κ2) is 5.61. The number of nitrogens with one attached hydrogen (secondary N) is 1. The van der Waals surface area contributed by atoms with E-state index in [0.29, 0.717) is 6.42 Å². The summed E-state index contributed by atoms with van der Waals surface area (Å²) in [6.45, 7) is 0. The van der Waals surface area contributed by atoms with Gasteiger partial charge in [-0.25, -0.2) is 4.98 Å². The van der Waals surface area contributed by atoms with E-state index in [4.69, 9.17) is 10.6 Å². The molecule has 0 saturated heterocycles. The van der Waals surface area contributed by atoms with Crippen LogP contribution in [-0.4, -0.2) is 21.9 Å². The number of rotatable bonds is 5. The monoisotopic (exact) mass is 247 g/mol. The van der Waals surface area contributed by atoms with E-state index in [9.17, 15) is 0 Å². The summed E-state index contributed by atoms with van der Waals surface area (Å²) >= 11 is 0. The lowest BCUT2D eigenvalue weighted by Crippen LogP contribution is -2.30. The molecule has 0 aliphatic carbocycles. The molecule has 18 heavy (non-hydrogen) atoms. The van der Waals surface area contributed by atoms with E-state index >= 15 is 0 Å². The molecule has 3 N–H and O–H groups in total. The van der Waals surface area contributed by atoms with Gasteiger partial charge >= 0.3 is 0 Å². The molecule has 0 radical (unpaired) electrons. The lowest BCUT2D eigenvalue weighted by atomic mass is 10.0. The first kappa shape index (κ1) is 12.5. The van der Waals surface area contributed by atoms with E-state index in [-0.39, 0.29) is 6.04 Å². The van der Waals surface area contributed by atoms with E-state index in [1.54, 1.807) is 11.8 Å². The lowest BCUT2D eigenvalue weighted by molar-refractivity contribution is 0.412. The molecule has 2 aromatic rings. The zero-order valence-corrected chi connectivity index (χ0v) is 10.5. The van der Waals surface area contributed by atoms with Crippen LogP contribution in [-0.2, 0) is 13.5 Å². The first-order chi connectivity index (χ1) is 8.74. The number of benzene rings is 1. The third kappa shape index (κ3) is 2.66. The Bertz CT molecular complexity index is 511. The van der Waals surface area contributed by atoms with Gasteiger partial charge in [0.05, 0.1) is 13.2 Å². The molecule has 1 atom stereocenters. The average molecular weight is 247 g/mol. The summed E-state index contributed by atoms with van der Waals surface area (Å²) in [7, 11) is 3.51. The van der Waals surface area contributed by atoms with Crippen LogP contribution in [0.15, 0.2) is 30.6 Å². The Labute approximate surface area is 106 Å². The molecule has 0 amide bonds. The number of nitrogens with zero attached hydrogens (tertiary/aromatic N) is 3. The van der Waals surface area contributed by atoms with Crippen molar-refractivity contribution in [2.45, 2.75) is 12.5 Å². The number of hydrogen-bond donors (Lipinski definition) is 2. The number of methoxy groups -OCH3 is 1. The van der Waals surface area contributed by atoms with Crippen LogP contribution in [0.1, 0.15) is 17.4 Å². The second-order valence-corrected chi connectivity index (χ2v) is 4.00. The fourth-order valence-corrected chi connectivity index (χ4v) is 1.82. The molecular formula is C12H17N5O. The number of aryl methyl sites for hydroxylation is 1. The van der Waals surface area contributed by atoms with Crippen LogP contribution in [0.2, 0.25) is 0 Å². The van der Waals surface area contributed by atoms with Crippen molar-refractivity contribution < 1.29 is 4.74 Å². The molecule has 6 nitrogen and oxygen atoms in total. The number of ether oxygens (including phenoxy) is 1. The number of hydrogen-bond acceptors (Lipinski definition) is 5. The predicted octanol–water partition coefficient (Wildman–Crippen LogP) is 0.571. The maximum absolute atomic E-state index is 5.61. The fraction of sp³-hybridized carbons (Fsp3) is 0.333. The minimum absolute atomic E-state index is 0.0250. The van der Waals surface area contributed by atoms with Crippen molar-refractivity contribution in [3.63, 3.8) is 0 Å². The van der Waals surface area contributed by atoms with Gasteiger partial charge in [-0.1, -0.05) is 12.1 Å². The third-order valence-electron chi connectivity index (χ3n) is 2.89. The van der Waals surface area contributed by atoms with Crippen LogP contribution < -0.4 is 16.0 Å². The topological polar surface area (TPSA) is 78.0 Å². The molecule has 1 unspecified atom stereocenters. The Hall–Kier alpha value is -1.92. The molecule has 0 spiro atoms. The van der Waals surface area contributed by atoms with Crippen molar-refractivity contribution in [3.05, 3.63) is 42.0 Å². The van der Waals surface area contributed by atoms with Gasteiger partial charge < -0.3 is 4.74 Å². The normalized spacial score (nSPS) is 12.4. The largest absolute Gasteiger partial charge is 0.497 e. The third-order valence-corrected chi connectivity index (χ3v) is 2.89. The average Bonchev–Trinajstić information content (AvgIpc) is 2.81. The molecule has 0 saturated carbocycles. The highest BCUT2D eigenvalue weighted by molar-refractivity contribution is 5.30. The summed E-state index contributed by atoms with van der Waals surface area (Å²) in [6.07, 6.45) is 2.20. The smallest absolute Gasteiger partial charge is 0.138 e. The number of hydrazine groups is 1. The van der Waals surface area contributed by atoms with E-state index in [1.807, 2.05) is 31.3 Å². The molecule has 96 valence electrons. The Morgan fingerprint density at radius 1 is 1.50 bits per heavy atom. The van der Waals surface area contributed by atoms with Crippen LogP contribution in [0.5, 0.6) is 5.75 Å². The molecule has 2 rings (SSSR count). The maximum atomic E-state index is 5.61. The van der Waals surface area contributed by atoms with Gasteiger partial charge in [-0.15, -0.1) is 0 Å². The molecule has 1 aromatic heterocycles. The van der Waals surface area contributed by atoms with Crippen LogP contribution in [0.25, 0.3) is 0 Å². The number of aromatic nitrogens is 3. The van der Waals surface area contributed by atoms with Crippen molar-refractivity contribution >= 4 is 0 Å². The van der Waals surface area contributed by atoms with Crippen molar-refractivity contribution in [2.75, 3.05) is 7.11 Å². The molecule has 0 aliphatic rings. The predicted molar refractivity (Wildman–Crippen MR) is 67.8 cm³/mol. The Kier molecular flexibility index (Phi) is 3.91. The molecule has 0 bridgehead atoms. The maximum Gasteiger partial charge on any atom is 0.138 e. The summed E-state index contributed by atoms with van der Waals surface area (Å²) in [5, 5.41) is 4.04. The van der Waals surface area contributed by atoms with Gasteiger partial charge in [0.2, 0.25) is 0 Å². The number of nitrogens with two attached hydrogens (primary N) is 1. The quantitative estimate of drug-likeness (QED) is 0.596. The molecule has 1 heterocycles. The van der Waals surface area contributed by atoms with Crippen LogP contribution in [0, 0.1) is 0 Å². The summed E-state index contributed by atoms with van der Waals surface area (Å²) in [5.74, 6) is 7.30. The van der Waals surface area contributed by atoms with Gasteiger partial charge in [0.15, 0.2) is 0 Å². The van der Waals surface area contributed by atoms with Gasteiger partial charge in [-0.3, -0.25) is 16.0 Å². The Morgan fingerprint density at radius 2 is 2.33 bits per heavy atom. The molecule has 0 fully saturated rings. The zero-order valence-electron chi connectivity index (χ0n) is 10.5. The van der Waals surface area contributed by atoms with E-state index < -0.39 is 0 Å². The van der Waals surface area contributed by atoms with Crippen molar-refractivity contribution in [1.82, 2.24) is 20.2 Å². The molecule has 6 heteroatoms. The Morgan fingerprint density at radius 3 is 2.94 bits per heavy atom. The summed E-state index contributed by atoms with van der Waals surface area (Å²) in [6, 6.07) is 7.78. The van der Waals surface area contributed by atoms with Crippen LogP contribution >= 0.6 is 0 Å². The summed E-state index contributed by atoms with van der Waals surface area (Å²) in [5.41, 5.74) is 3.85. The van der Waals surface area contributed by atoms with E-state index in [0.717, 1.165) is 17.1 Å². The van der Waals surface area contributed by atoms with E-state index in [1.165, 1.54) is 6.33 Å². The van der Waals surface area contributed by atoms with E-state index in [2.05, 4.69) is 15.5 Å². The highest BCUT2D eigenvalue weighted by atomic mass is 16.5.